The van der Waals surface area contributed by atoms with Crippen LogP contribution in [0.15, 0.2) is 47.6 Å². The number of morpholine rings is 1. The molecule has 1 heterocycles. The lowest BCUT2D eigenvalue weighted by atomic mass is 9.98. The van der Waals surface area contributed by atoms with Crippen LogP contribution >= 0.6 is 0 Å². The Labute approximate surface area is 238 Å². The van der Waals surface area contributed by atoms with E-state index in [2.05, 4.69) is 9.89 Å². The van der Waals surface area contributed by atoms with E-state index in [0.717, 1.165) is 36.0 Å². The molecular formula is C28H31F7N4O3. The molecular weight excluding hydrogens is 573 g/mol. The number of carbonyl (C=O) groups is 1. The van der Waals surface area contributed by atoms with Crippen LogP contribution in [0.2, 0.25) is 0 Å². The topological polar surface area (TPSA) is 80.4 Å². The van der Waals surface area contributed by atoms with Gasteiger partial charge in [-0.25, -0.2) is 9.18 Å². The predicted octanol–water partition coefficient (Wildman–Crippen LogP) is 6.37. The van der Waals surface area contributed by atoms with Gasteiger partial charge in [-0.15, -0.1) is 0 Å². The summed E-state index contributed by atoms with van der Waals surface area (Å²) in [6, 6.07) is 4.07. The van der Waals surface area contributed by atoms with E-state index in [-0.39, 0.29) is 30.0 Å². The van der Waals surface area contributed by atoms with Gasteiger partial charge in [-0.05, 0) is 63.7 Å². The molecule has 3 rings (SSSR count). The van der Waals surface area contributed by atoms with Crippen LogP contribution in [-0.2, 0) is 17.1 Å². The number of amides is 1. The largest absolute Gasteiger partial charge is 0.420 e. The van der Waals surface area contributed by atoms with Gasteiger partial charge in [0.25, 0.3) is 0 Å². The molecule has 0 aliphatic carbocycles. The molecule has 1 aliphatic heterocycles. The van der Waals surface area contributed by atoms with Crippen molar-refractivity contribution in [3.05, 3.63) is 65.1 Å². The average Bonchev–Trinajstić information content (AvgIpc) is 2.89. The first-order valence-electron chi connectivity index (χ1n) is 12.9. The summed E-state index contributed by atoms with van der Waals surface area (Å²) in [6.45, 7) is 5.10. The van der Waals surface area contributed by atoms with Gasteiger partial charge in [-0.2, -0.15) is 26.3 Å². The van der Waals surface area contributed by atoms with Crippen LogP contribution in [0.4, 0.5) is 41.2 Å². The van der Waals surface area contributed by atoms with E-state index in [1.165, 1.54) is 26.0 Å². The van der Waals surface area contributed by atoms with E-state index < -0.39 is 52.7 Å². The fraction of sp³-hybridized carbons (Fsp3) is 0.429. The maximum absolute atomic E-state index is 14.2. The van der Waals surface area contributed by atoms with Gasteiger partial charge in [0.05, 0.1) is 23.8 Å². The molecule has 230 valence electrons. The lowest BCUT2D eigenvalue weighted by Crippen LogP contribution is -2.40. The summed E-state index contributed by atoms with van der Waals surface area (Å²) in [5.74, 6) is -1.81. The molecule has 0 bridgehead atoms. The van der Waals surface area contributed by atoms with Crippen LogP contribution in [0.25, 0.3) is 5.57 Å². The number of rotatable bonds is 8. The van der Waals surface area contributed by atoms with Gasteiger partial charge in [0.1, 0.15) is 5.82 Å². The number of allylic oxidation sites excluding steroid dienone is 1. The molecule has 2 N–H and O–H groups in total. The number of benzene rings is 2. The van der Waals surface area contributed by atoms with Crippen LogP contribution in [0, 0.1) is 5.82 Å². The average molecular weight is 605 g/mol. The van der Waals surface area contributed by atoms with Crippen molar-refractivity contribution < 1.29 is 45.0 Å². The molecule has 2 aromatic rings. The number of ether oxygens (including phenoxy) is 2. The van der Waals surface area contributed by atoms with E-state index in [0.29, 0.717) is 25.6 Å². The first-order chi connectivity index (χ1) is 19.6. The lowest BCUT2D eigenvalue weighted by Gasteiger charge is -2.29. The van der Waals surface area contributed by atoms with Crippen LogP contribution in [0.5, 0.6) is 5.75 Å². The van der Waals surface area contributed by atoms with Crippen LogP contribution in [0.1, 0.15) is 37.0 Å². The number of hydrogen-bond donors (Lipinski definition) is 1. The lowest BCUT2D eigenvalue weighted by molar-refractivity contribution is -0.143. The van der Waals surface area contributed by atoms with E-state index in [4.69, 9.17) is 15.2 Å². The van der Waals surface area contributed by atoms with Crippen molar-refractivity contribution in [2.75, 3.05) is 38.2 Å². The molecule has 1 saturated heterocycles. The number of carbonyl (C=O) groups excluding carboxylic acids is 1. The molecule has 1 aliphatic rings. The van der Waals surface area contributed by atoms with Gasteiger partial charge < -0.3 is 20.1 Å². The Balaban J connectivity index is 2.05. The second kappa shape index (κ2) is 13.6. The highest BCUT2D eigenvalue weighted by atomic mass is 19.4. The number of alkyl halides is 6. The van der Waals surface area contributed by atoms with E-state index in [9.17, 15) is 35.5 Å². The number of likely N-dealkylation sites (N-methyl/N-ethyl adjacent to an activating group) is 1. The van der Waals surface area contributed by atoms with Crippen molar-refractivity contribution >= 4 is 23.6 Å². The predicted molar refractivity (Wildman–Crippen MR) is 144 cm³/mol. The van der Waals surface area contributed by atoms with Gasteiger partial charge in [-0.3, -0.25) is 9.89 Å². The number of nitrogens with zero attached hydrogens (tertiary/aromatic N) is 3. The molecule has 2 aromatic carbocycles. The summed E-state index contributed by atoms with van der Waals surface area (Å²) in [5.41, 5.74) is 1.19. The molecule has 42 heavy (non-hydrogen) atoms. The maximum Gasteiger partial charge on any atom is 0.420 e. The summed E-state index contributed by atoms with van der Waals surface area (Å²) in [4.78, 5) is 20.4. The molecule has 14 heteroatoms. The Kier molecular flexibility index (Phi) is 10.6. The minimum absolute atomic E-state index is 0.0881. The van der Waals surface area contributed by atoms with Crippen LogP contribution in [-0.4, -0.2) is 62.6 Å². The zero-order valence-electron chi connectivity index (χ0n) is 23.1. The third kappa shape index (κ3) is 8.44. The zero-order valence-corrected chi connectivity index (χ0v) is 23.1. The third-order valence-electron chi connectivity index (χ3n) is 6.37. The SMILES string of the molecule is CC(C)N(C(=O)Oc1c(/C(C=NCCC2CN(C)CCO2)=C/N)cc(C(F)(F)F)cc1C(F)(F)F)c1ccc(F)cc1. The molecule has 1 fully saturated rings. The monoisotopic (exact) mass is 604 g/mol. The number of hydrogen-bond acceptors (Lipinski definition) is 6. The molecule has 1 unspecified atom stereocenters. The highest BCUT2D eigenvalue weighted by molar-refractivity contribution is 6.11. The Morgan fingerprint density at radius 2 is 1.83 bits per heavy atom. The molecule has 1 atom stereocenters. The van der Waals surface area contributed by atoms with Crippen molar-refractivity contribution in [3.63, 3.8) is 0 Å². The summed E-state index contributed by atoms with van der Waals surface area (Å²) in [7, 11) is 1.92. The fourth-order valence-electron chi connectivity index (χ4n) is 4.31. The van der Waals surface area contributed by atoms with Crippen molar-refractivity contribution in [1.82, 2.24) is 4.90 Å². The second-order valence-corrected chi connectivity index (χ2v) is 9.91. The molecule has 1 amide bonds. The van der Waals surface area contributed by atoms with Gasteiger partial charge in [0.15, 0.2) is 5.75 Å². The molecule has 0 aromatic heterocycles. The first kappa shape index (κ1) is 32.9. The van der Waals surface area contributed by atoms with Crippen molar-refractivity contribution in [2.45, 2.75) is 44.8 Å². The summed E-state index contributed by atoms with van der Waals surface area (Å²) in [5, 5.41) is 0. The van der Waals surface area contributed by atoms with Gasteiger partial charge >= 0.3 is 18.4 Å². The van der Waals surface area contributed by atoms with Crippen molar-refractivity contribution in [2.24, 2.45) is 10.7 Å². The van der Waals surface area contributed by atoms with E-state index in [1.54, 1.807) is 0 Å². The Morgan fingerprint density at radius 1 is 1.17 bits per heavy atom. The zero-order chi connectivity index (χ0) is 31.2. The highest BCUT2D eigenvalue weighted by Gasteiger charge is 2.42. The Hall–Kier alpha value is -3.65. The Bertz CT molecular complexity index is 1290. The minimum Gasteiger partial charge on any atom is -0.409 e. The van der Waals surface area contributed by atoms with Crippen LogP contribution in [0.3, 0.4) is 0 Å². The molecule has 0 saturated carbocycles. The van der Waals surface area contributed by atoms with Gasteiger partial charge in [0, 0.05) is 54.9 Å². The Morgan fingerprint density at radius 3 is 2.38 bits per heavy atom. The highest BCUT2D eigenvalue weighted by Crippen LogP contribution is 2.44. The van der Waals surface area contributed by atoms with Crippen molar-refractivity contribution in [1.29, 1.82) is 0 Å². The number of anilines is 1. The fourth-order valence-corrected chi connectivity index (χ4v) is 4.31. The van der Waals surface area contributed by atoms with E-state index in [1.807, 2.05) is 7.05 Å². The smallest absolute Gasteiger partial charge is 0.409 e. The quantitative estimate of drug-likeness (QED) is 0.280. The standard InChI is InChI=1S/C28H31F7N4O3/c1-17(2)39(21-6-4-20(29)5-7-21)26(40)42-25-23(12-19(27(30,31)32)13-24(25)28(33,34)35)18(14-36)15-37-9-8-22-16-38(3)10-11-41-22/h4-7,12-15,17,22H,8-11,16,36H2,1-3H3/b18-14+,37-15?. The summed E-state index contributed by atoms with van der Waals surface area (Å²) in [6.07, 6.45) is -9.77. The van der Waals surface area contributed by atoms with Gasteiger partial charge in [-0.1, -0.05) is 0 Å². The van der Waals surface area contributed by atoms with Crippen molar-refractivity contribution in [3.8, 4) is 5.75 Å². The third-order valence-corrected chi connectivity index (χ3v) is 6.37. The summed E-state index contributed by atoms with van der Waals surface area (Å²) < 4.78 is 108. The van der Waals surface area contributed by atoms with Crippen LogP contribution < -0.4 is 15.4 Å². The maximum atomic E-state index is 14.2. The van der Waals surface area contributed by atoms with E-state index >= 15 is 0 Å². The molecule has 0 radical (unpaired) electrons. The number of halogens is 7. The van der Waals surface area contributed by atoms with Gasteiger partial charge in [0.2, 0.25) is 0 Å². The second-order valence-electron chi connectivity index (χ2n) is 9.91. The minimum atomic E-state index is -5.36. The number of aliphatic imine (C=N–C) groups is 1. The normalized spacial score (nSPS) is 17.2. The summed E-state index contributed by atoms with van der Waals surface area (Å²) >= 11 is 0. The number of nitrogens with two attached hydrogens (primary N) is 1. The molecule has 0 spiro atoms. The molecule has 7 nitrogen and oxygen atoms in total. The first-order valence-corrected chi connectivity index (χ1v) is 12.9.